The second kappa shape index (κ2) is 5.49. The zero-order chi connectivity index (χ0) is 15.7. The zero-order valence-electron chi connectivity index (χ0n) is 10.9. The summed E-state index contributed by atoms with van der Waals surface area (Å²) in [5, 5.41) is 0. The fourth-order valence-corrected chi connectivity index (χ4v) is 3.11. The van der Waals surface area contributed by atoms with Crippen LogP contribution in [0.4, 0.5) is 13.2 Å². The van der Waals surface area contributed by atoms with E-state index in [0.29, 0.717) is 5.82 Å². The van der Waals surface area contributed by atoms with Gasteiger partial charge in [-0.1, -0.05) is 12.1 Å². The summed E-state index contributed by atoms with van der Waals surface area (Å²) < 4.78 is 64.2. The van der Waals surface area contributed by atoms with Gasteiger partial charge in [-0.15, -0.1) is 0 Å². The van der Waals surface area contributed by atoms with Gasteiger partial charge in [0.15, 0.2) is 0 Å². The molecule has 5 nitrogen and oxygen atoms in total. The van der Waals surface area contributed by atoms with Gasteiger partial charge in [0.25, 0.3) is 0 Å². The summed E-state index contributed by atoms with van der Waals surface area (Å²) in [4.78, 5) is 5.78. The van der Waals surface area contributed by atoms with Crippen molar-refractivity contribution < 1.29 is 21.6 Å². The molecule has 114 valence electrons. The molecular weight excluding hydrogens is 307 g/mol. The first-order chi connectivity index (χ1) is 9.73. The number of rotatable bonds is 4. The molecule has 0 amide bonds. The number of hydrogen-bond donors (Lipinski definition) is 1. The zero-order valence-corrected chi connectivity index (χ0v) is 11.7. The molecule has 21 heavy (non-hydrogen) atoms. The molecule has 2 aromatic rings. The van der Waals surface area contributed by atoms with Crippen LogP contribution in [-0.4, -0.2) is 29.7 Å². The van der Waals surface area contributed by atoms with Gasteiger partial charge in [-0.3, -0.25) is 0 Å². The summed E-state index contributed by atoms with van der Waals surface area (Å²) in [6, 6.07) is 4.08. The Labute approximate surface area is 119 Å². The molecule has 0 aliphatic rings. The summed E-state index contributed by atoms with van der Waals surface area (Å²) in [7, 11) is -3.08. The molecule has 0 aliphatic heterocycles. The second-order valence-corrected chi connectivity index (χ2v) is 6.30. The third kappa shape index (κ3) is 3.24. The number of alkyl halides is 3. The average Bonchev–Trinajstić information content (AvgIpc) is 2.90. The van der Waals surface area contributed by atoms with Crippen molar-refractivity contribution in [3.63, 3.8) is 0 Å². The molecule has 0 saturated heterocycles. The van der Waals surface area contributed by atoms with E-state index in [-0.39, 0.29) is 6.54 Å². The minimum absolute atomic E-state index is 0.151. The number of benzene rings is 1. The van der Waals surface area contributed by atoms with Crippen LogP contribution in [0.15, 0.2) is 41.6 Å². The minimum Gasteiger partial charge on any atom is -0.347 e. The summed E-state index contributed by atoms with van der Waals surface area (Å²) >= 11 is 0. The van der Waals surface area contributed by atoms with E-state index in [1.165, 1.54) is 25.5 Å². The van der Waals surface area contributed by atoms with Gasteiger partial charge in [0, 0.05) is 19.4 Å². The van der Waals surface area contributed by atoms with E-state index in [1.807, 2.05) is 0 Å². The third-order valence-electron chi connectivity index (χ3n) is 2.81. The molecule has 2 rings (SSSR count). The SMILES string of the molecule is CN(Cc1ncc[nH]1)S(=O)(=O)c1ccccc1C(F)(F)F. The van der Waals surface area contributed by atoms with Crippen molar-refractivity contribution in [2.24, 2.45) is 0 Å². The van der Waals surface area contributed by atoms with Gasteiger partial charge in [0.2, 0.25) is 10.0 Å². The van der Waals surface area contributed by atoms with E-state index in [0.717, 1.165) is 22.5 Å². The summed E-state index contributed by atoms with van der Waals surface area (Å²) in [6.07, 6.45) is -1.81. The highest BCUT2D eigenvalue weighted by atomic mass is 32.2. The number of hydrogen-bond acceptors (Lipinski definition) is 3. The monoisotopic (exact) mass is 319 g/mol. The van der Waals surface area contributed by atoms with Crippen molar-refractivity contribution in [1.82, 2.24) is 14.3 Å². The van der Waals surface area contributed by atoms with Crippen molar-refractivity contribution in [2.45, 2.75) is 17.6 Å². The average molecular weight is 319 g/mol. The maximum absolute atomic E-state index is 12.9. The van der Waals surface area contributed by atoms with Crippen LogP contribution in [-0.2, 0) is 22.7 Å². The van der Waals surface area contributed by atoms with Crippen molar-refractivity contribution in [2.75, 3.05) is 7.05 Å². The number of halogens is 3. The molecule has 0 spiro atoms. The van der Waals surface area contributed by atoms with E-state index >= 15 is 0 Å². The van der Waals surface area contributed by atoms with Crippen LogP contribution in [0, 0.1) is 0 Å². The van der Waals surface area contributed by atoms with Crippen LogP contribution in [0.25, 0.3) is 0 Å². The highest BCUT2D eigenvalue weighted by molar-refractivity contribution is 7.89. The van der Waals surface area contributed by atoms with E-state index in [9.17, 15) is 21.6 Å². The van der Waals surface area contributed by atoms with Crippen LogP contribution in [0.2, 0.25) is 0 Å². The summed E-state index contributed by atoms with van der Waals surface area (Å²) in [5.74, 6) is 0.338. The Bertz CT molecular complexity index is 712. The molecule has 0 aliphatic carbocycles. The Kier molecular flexibility index (Phi) is 4.06. The molecule has 0 atom stereocenters. The van der Waals surface area contributed by atoms with E-state index in [2.05, 4.69) is 9.97 Å². The first-order valence-corrected chi connectivity index (χ1v) is 7.28. The number of nitrogens with zero attached hydrogens (tertiary/aromatic N) is 2. The first kappa shape index (κ1) is 15.5. The Balaban J connectivity index is 2.40. The normalized spacial score (nSPS) is 12.8. The molecule has 1 N–H and O–H groups in total. The van der Waals surface area contributed by atoms with Gasteiger partial charge in [-0.2, -0.15) is 17.5 Å². The molecule has 1 heterocycles. The van der Waals surface area contributed by atoms with Gasteiger partial charge in [-0.25, -0.2) is 13.4 Å². The lowest BCUT2D eigenvalue weighted by Crippen LogP contribution is -2.29. The highest BCUT2D eigenvalue weighted by Gasteiger charge is 2.38. The van der Waals surface area contributed by atoms with Crippen molar-refractivity contribution in [3.8, 4) is 0 Å². The third-order valence-corrected chi connectivity index (χ3v) is 4.67. The maximum Gasteiger partial charge on any atom is 0.417 e. The van der Waals surface area contributed by atoms with Gasteiger partial charge in [0.1, 0.15) is 5.82 Å². The van der Waals surface area contributed by atoms with Crippen LogP contribution in [0.1, 0.15) is 11.4 Å². The number of imidazole rings is 1. The highest BCUT2D eigenvalue weighted by Crippen LogP contribution is 2.35. The molecule has 0 saturated carbocycles. The largest absolute Gasteiger partial charge is 0.417 e. The van der Waals surface area contributed by atoms with Gasteiger partial charge in [0.05, 0.1) is 17.0 Å². The fraction of sp³-hybridized carbons (Fsp3) is 0.250. The summed E-state index contributed by atoms with van der Waals surface area (Å²) in [5.41, 5.74) is -1.18. The van der Waals surface area contributed by atoms with Gasteiger partial charge < -0.3 is 4.98 Å². The van der Waals surface area contributed by atoms with Crippen molar-refractivity contribution in [3.05, 3.63) is 48.0 Å². The predicted octanol–water partition coefficient (Wildman–Crippen LogP) is 2.25. The first-order valence-electron chi connectivity index (χ1n) is 5.84. The molecule has 9 heteroatoms. The van der Waals surface area contributed by atoms with E-state index in [1.54, 1.807) is 0 Å². The molecule has 1 aromatic carbocycles. The number of aromatic nitrogens is 2. The van der Waals surface area contributed by atoms with Crippen LogP contribution >= 0.6 is 0 Å². The fourth-order valence-electron chi connectivity index (χ4n) is 1.77. The predicted molar refractivity (Wildman–Crippen MR) is 68.7 cm³/mol. The standard InChI is InChI=1S/C12H12F3N3O2S/c1-18(8-11-16-6-7-17-11)21(19,20)10-5-3-2-4-9(10)12(13,14)15/h2-7H,8H2,1H3,(H,16,17). The Morgan fingerprint density at radius 2 is 1.95 bits per heavy atom. The number of H-pyrrole nitrogens is 1. The number of nitrogens with one attached hydrogen (secondary N) is 1. The van der Waals surface area contributed by atoms with E-state index in [4.69, 9.17) is 0 Å². The van der Waals surface area contributed by atoms with Crippen LogP contribution < -0.4 is 0 Å². The quantitative estimate of drug-likeness (QED) is 0.940. The number of aromatic amines is 1. The lowest BCUT2D eigenvalue weighted by Gasteiger charge is -2.19. The lowest BCUT2D eigenvalue weighted by molar-refractivity contribution is -0.139. The summed E-state index contributed by atoms with van der Waals surface area (Å²) in [6.45, 7) is -0.151. The maximum atomic E-state index is 12.9. The molecule has 0 radical (unpaired) electrons. The van der Waals surface area contributed by atoms with Crippen LogP contribution in [0.5, 0.6) is 0 Å². The smallest absolute Gasteiger partial charge is 0.347 e. The minimum atomic E-state index is -4.74. The Morgan fingerprint density at radius 1 is 1.29 bits per heavy atom. The Hall–Kier alpha value is -1.87. The van der Waals surface area contributed by atoms with E-state index < -0.39 is 26.7 Å². The van der Waals surface area contributed by atoms with Crippen LogP contribution in [0.3, 0.4) is 0 Å². The molecule has 0 bridgehead atoms. The molecule has 1 aromatic heterocycles. The van der Waals surface area contributed by atoms with Crippen molar-refractivity contribution >= 4 is 10.0 Å². The number of sulfonamides is 1. The Morgan fingerprint density at radius 3 is 2.52 bits per heavy atom. The van der Waals surface area contributed by atoms with Crippen molar-refractivity contribution in [1.29, 1.82) is 0 Å². The second-order valence-electron chi connectivity index (χ2n) is 4.29. The van der Waals surface area contributed by atoms with Gasteiger partial charge in [-0.05, 0) is 12.1 Å². The molecule has 0 unspecified atom stereocenters. The topological polar surface area (TPSA) is 66.1 Å². The van der Waals surface area contributed by atoms with Gasteiger partial charge >= 0.3 is 6.18 Å². The molecule has 0 fully saturated rings. The molecular formula is C12H12F3N3O2S. The lowest BCUT2D eigenvalue weighted by atomic mass is 10.2.